The number of hydrogen-bond acceptors (Lipinski definition) is 6. The third-order valence-electron chi connectivity index (χ3n) is 4.05. The zero-order valence-corrected chi connectivity index (χ0v) is 18.8. The molecule has 2 amide bonds. The number of para-hydroxylation sites is 1. The van der Waals surface area contributed by atoms with Crippen LogP contribution in [-0.2, 0) is 20.4 Å². The molecule has 0 fully saturated rings. The molecule has 0 aliphatic heterocycles. The summed E-state index contributed by atoms with van der Waals surface area (Å²) >= 11 is 3.23. The van der Waals surface area contributed by atoms with Gasteiger partial charge in [-0.2, -0.15) is 14.0 Å². The van der Waals surface area contributed by atoms with E-state index >= 15 is 0 Å². The Morgan fingerprint density at radius 2 is 1.78 bits per heavy atom. The lowest BCUT2D eigenvalue weighted by Gasteiger charge is -2.18. The molecule has 2 aromatic rings. The fraction of sp³-hybridized carbons (Fsp3) is 0.250. The van der Waals surface area contributed by atoms with Gasteiger partial charge in [0.15, 0.2) is 9.84 Å². The summed E-state index contributed by atoms with van der Waals surface area (Å²) in [6, 6.07) is 11.7. The molecule has 8 nitrogen and oxygen atoms in total. The summed E-state index contributed by atoms with van der Waals surface area (Å²) in [6.45, 7) is -3.54. The van der Waals surface area contributed by atoms with Crippen molar-refractivity contribution in [2.45, 2.75) is 18.4 Å². The van der Waals surface area contributed by atoms with E-state index in [-0.39, 0.29) is 16.9 Å². The zero-order chi connectivity index (χ0) is 23.7. The van der Waals surface area contributed by atoms with Crippen molar-refractivity contribution >= 4 is 37.6 Å². The molecule has 1 atom stereocenters. The third kappa shape index (κ3) is 7.90. The van der Waals surface area contributed by atoms with Crippen molar-refractivity contribution in [3.63, 3.8) is 0 Å². The van der Waals surface area contributed by atoms with Crippen LogP contribution in [0.25, 0.3) is 0 Å². The summed E-state index contributed by atoms with van der Waals surface area (Å²) in [5.41, 5.74) is 0.155. The highest BCUT2D eigenvalue weighted by Gasteiger charge is 2.28. The van der Waals surface area contributed by atoms with Crippen LogP contribution in [-0.4, -0.2) is 45.2 Å². The van der Waals surface area contributed by atoms with Crippen molar-refractivity contribution in [3.05, 3.63) is 64.1 Å². The van der Waals surface area contributed by atoms with Crippen molar-refractivity contribution in [1.29, 1.82) is 5.26 Å². The Labute approximate surface area is 191 Å². The molecule has 0 saturated carbocycles. The van der Waals surface area contributed by atoms with Crippen LogP contribution in [0.5, 0.6) is 5.75 Å². The van der Waals surface area contributed by atoms with E-state index in [9.17, 15) is 26.8 Å². The SMILES string of the molecule is N#CCNC(=O)[C@H](CS(=O)(=O)Cc1ccccc1OC(F)F)NC(=O)c1ccc(Br)cc1. The normalized spacial score (nSPS) is 12.0. The van der Waals surface area contributed by atoms with E-state index in [1.165, 1.54) is 36.4 Å². The first-order chi connectivity index (χ1) is 15.1. The smallest absolute Gasteiger partial charge is 0.387 e. The van der Waals surface area contributed by atoms with Crippen LogP contribution in [0.3, 0.4) is 0 Å². The van der Waals surface area contributed by atoms with E-state index in [4.69, 9.17) is 5.26 Å². The number of halogens is 3. The molecule has 0 unspecified atom stereocenters. The Morgan fingerprint density at radius 3 is 2.41 bits per heavy atom. The largest absolute Gasteiger partial charge is 0.435 e. The topological polar surface area (TPSA) is 125 Å². The van der Waals surface area contributed by atoms with Gasteiger partial charge in [-0.3, -0.25) is 9.59 Å². The summed E-state index contributed by atoms with van der Waals surface area (Å²) in [7, 11) is -4.09. The van der Waals surface area contributed by atoms with Gasteiger partial charge in [0.25, 0.3) is 5.91 Å². The molecule has 12 heteroatoms. The number of nitriles is 1. The van der Waals surface area contributed by atoms with Crippen molar-refractivity contribution in [1.82, 2.24) is 10.6 Å². The maximum Gasteiger partial charge on any atom is 0.387 e. The lowest BCUT2D eigenvalue weighted by molar-refractivity contribution is -0.122. The Kier molecular flexibility index (Phi) is 9.10. The van der Waals surface area contributed by atoms with E-state index in [0.717, 1.165) is 0 Å². The first-order valence-electron chi connectivity index (χ1n) is 9.05. The minimum Gasteiger partial charge on any atom is -0.435 e. The number of carbonyl (C=O) groups excluding carboxylic acids is 2. The number of ether oxygens (including phenoxy) is 1. The predicted molar refractivity (Wildman–Crippen MR) is 115 cm³/mol. The second-order valence-corrected chi connectivity index (χ2v) is 9.47. The minimum absolute atomic E-state index is 0.0248. The van der Waals surface area contributed by atoms with Crippen LogP contribution in [0.4, 0.5) is 8.78 Å². The zero-order valence-electron chi connectivity index (χ0n) is 16.4. The quantitative estimate of drug-likeness (QED) is 0.455. The van der Waals surface area contributed by atoms with Gasteiger partial charge >= 0.3 is 6.61 Å². The number of hydrogen-bond donors (Lipinski definition) is 2. The third-order valence-corrected chi connectivity index (χ3v) is 6.18. The van der Waals surface area contributed by atoms with Gasteiger partial charge in [-0.25, -0.2) is 8.42 Å². The van der Waals surface area contributed by atoms with Gasteiger partial charge in [0.1, 0.15) is 18.3 Å². The molecule has 0 spiro atoms. The number of rotatable bonds is 10. The summed E-state index contributed by atoms with van der Waals surface area (Å²) in [5, 5.41) is 13.2. The monoisotopic (exact) mass is 529 g/mol. The molecule has 170 valence electrons. The van der Waals surface area contributed by atoms with Gasteiger partial charge in [0, 0.05) is 15.6 Å². The van der Waals surface area contributed by atoms with Gasteiger partial charge in [0.05, 0.1) is 17.6 Å². The Hall–Kier alpha value is -3.04. The molecule has 0 bridgehead atoms. The molecule has 0 heterocycles. The molecule has 0 radical (unpaired) electrons. The molecule has 2 rings (SSSR count). The van der Waals surface area contributed by atoms with Crippen LogP contribution in [0.1, 0.15) is 15.9 Å². The Bertz CT molecular complexity index is 1100. The standard InChI is InChI=1S/C20H18BrF2N3O5S/c21-15-7-5-13(6-8-15)18(27)26-16(19(28)25-10-9-24)12-32(29,30)11-14-3-1-2-4-17(14)31-20(22)23/h1-8,16,20H,10-12H2,(H,25,28)(H,26,27)/t16-/m0/s1. The number of amides is 2. The number of alkyl halides is 2. The Balaban J connectivity index is 2.22. The van der Waals surface area contributed by atoms with E-state index in [0.29, 0.717) is 4.47 Å². The fourth-order valence-electron chi connectivity index (χ4n) is 2.66. The molecule has 0 saturated heterocycles. The Morgan fingerprint density at radius 1 is 1.12 bits per heavy atom. The number of sulfone groups is 1. The van der Waals surface area contributed by atoms with Gasteiger partial charge in [-0.05, 0) is 30.3 Å². The highest BCUT2D eigenvalue weighted by atomic mass is 79.9. The summed E-state index contributed by atoms with van der Waals surface area (Å²) in [6.07, 6.45) is 0. The maximum atomic E-state index is 12.7. The fourth-order valence-corrected chi connectivity index (χ4v) is 4.50. The molecule has 0 aliphatic carbocycles. The molecule has 2 aromatic carbocycles. The average Bonchev–Trinajstić information content (AvgIpc) is 2.72. The highest BCUT2D eigenvalue weighted by molar-refractivity contribution is 9.10. The van der Waals surface area contributed by atoms with Gasteiger partial charge in [-0.15, -0.1) is 0 Å². The van der Waals surface area contributed by atoms with Crippen molar-refractivity contribution < 1.29 is 31.5 Å². The molecular formula is C20H18BrF2N3O5S. The number of benzene rings is 2. The van der Waals surface area contributed by atoms with Gasteiger partial charge in [0.2, 0.25) is 5.91 Å². The van der Waals surface area contributed by atoms with E-state index in [1.54, 1.807) is 18.2 Å². The summed E-state index contributed by atoms with van der Waals surface area (Å²) in [4.78, 5) is 24.9. The number of nitrogens with one attached hydrogen (secondary N) is 2. The maximum absolute atomic E-state index is 12.7. The number of carbonyl (C=O) groups is 2. The second kappa shape index (κ2) is 11.5. The average molecular weight is 530 g/mol. The first-order valence-corrected chi connectivity index (χ1v) is 11.7. The van der Waals surface area contributed by atoms with Crippen LogP contribution in [0, 0.1) is 11.3 Å². The molecule has 2 N–H and O–H groups in total. The van der Waals surface area contributed by atoms with Gasteiger partial charge in [-0.1, -0.05) is 34.1 Å². The second-order valence-electron chi connectivity index (χ2n) is 6.45. The van der Waals surface area contributed by atoms with Gasteiger partial charge < -0.3 is 15.4 Å². The summed E-state index contributed by atoms with van der Waals surface area (Å²) in [5.74, 6) is -3.42. The van der Waals surface area contributed by atoms with Crippen molar-refractivity contribution in [3.8, 4) is 11.8 Å². The molecular weight excluding hydrogens is 512 g/mol. The van der Waals surface area contributed by atoms with Crippen molar-refractivity contribution in [2.24, 2.45) is 0 Å². The lowest BCUT2D eigenvalue weighted by Crippen LogP contribution is -2.50. The molecule has 0 aromatic heterocycles. The number of nitrogens with zero attached hydrogens (tertiary/aromatic N) is 1. The van der Waals surface area contributed by atoms with Crippen LogP contribution < -0.4 is 15.4 Å². The lowest BCUT2D eigenvalue weighted by atomic mass is 10.2. The van der Waals surface area contributed by atoms with Crippen LogP contribution in [0.15, 0.2) is 53.0 Å². The van der Waals surface area contributed by atoms with Crippen LogP contribution in [0.2, 0.25) is 0 Å². The van der Waals surface area contributed by atoms with Crippen molar-refractivity contribution in [2.75, 3.05) is 12.3 Å². The van der Waals surface area contributed by atoms with Crippen LogP contribution >= 0.6 is 15.9 Å². The first kappa shape index (κ1) is 25.2. The summed E-state index contributed by atoms with van der Waals surface area (Å²) < 4.78 is 55.7. The van der Waals surface area contributed by atoms with E-state index in [2.05, 4.69) is 31.3 Å². The molecule has 0 aliphatic rings. The molecule has 32 heavy (non-hydrogen) atoms. The van der Waals surface area contributed by atoms with E-state index < -0.39 is 52.4 Å². The predicted octanol–water partition coefficient (Wildman–Crippen LogP) is 2.40. The highest BCUT2D eigenvalue weighted by Crippen LogP contribution is 2.23. The minimum atomic E-state index is -4.09. The van der Waals surface area contributed by atoms with E-state index in [1.807, 2.05) is 0 Å².